The molecule has 4 saturated carbocycles. The van der Waals surface area contributed by atoms with Crippen LogP contribution in [0, 0.1) is 40.9 Å². The lowest BCUT2D eigenvalue weighted by atomic mass is 9.48. The van der Waals surface area contributed by atoms with Crippen LogP contribution in [0.25, 0.3) is 0 Å². The van der Waals surface area contributed by atoms with Crippen molar-refractivity contribution in [3.63, 3.8) is 0 Å². The Kier molecular flexibility index (Phi) is 5.29. The molecule has 31 heavy (non-hydrogen) atoms. The summed E-state index contributed by atoms with van der Waals surface area (Å²) in [6.45, 7) is 6.29. The van der Waals surface area contributed by atoms with Crippen molar-refractivity contribution in [1.82, 2.24) is 10.2 Å². The fourth-order valence-corrected chi connectivity index (χ4v) is 8.08. The SMILES string of the molecule is CC(C)C[C@@H](C(=O)N[C@@H](C)C12CC3CC(CC(C3)C1)C2)N1C(=O)[C@H]2CC=CC[C@H]2C1=O. The molecule has 1 saturated heterocycles. The number of imide groups is 1. The number of nitrogens with zero attached hydrogens (tertiary/aromatic N) is 1. The standard InChI is InChI=1S/C26H38N2O3/c1-15(2)8-22(28-24(30)20-6-4-5-7-21(20)25(28)31)23(29)27-16(3)26-12-17-9-18(13-26)11-19(10-17)14-26/h4-5,15-22H,6-14H2,1-3H3,(H,27,29)/t16-,17?,18?,19?,20-,21+,22-,26?/m0/s1. The van der Waals surface area contributed by atoms with Gasteiger partial charge < -0.3 is 5.32 Å². The molecule has 170 valence electrons. The zero-order valence-electron chi connectivity index (χ0n) is 19.3. The maximum Gasteiger partial charge on any atom is 0.243 e. The van der Waals surface area contributed by atoms with Gasteiger partial charge in [0.15, 0.2) is 0 Å². The van der Waals surface area contributed by atoms with E-state index in [-0.39, 0.29) is 46.9 Å². The maximum atomic E-state index is 13.6. The molecule has 5 heteroatoms. The highest BCUT2D eigenvalue weighted by molar-refractivity contribution is 6.08. The molecule has 4 bridgehead atoms. The molecule has 0 spiro atoms. The third kappa shape index (κ3) is 3.56. The van der Waals surface area contributed by atoms with Crippen LogP contribution in [0.2, 0.25) is 0 Å². The molecule has 1 heterocycles. The minimum absolute atomic E-state index is 0.0970. The molecule has 0 aromatic carbocycles. The van der Waals surface area contributed by atoms with Gasteiger partial charge in [0.1, 0.15) is 6.04 Å². The molecular weight excluding hydrogens is 388 g/mol. The van der Waals surface area contributed by atoms with Crippen molar-refractivity contribution in [2.75, 3.05) is 0 Å². The first-order chi connectivity index (χ1) is 14.8. The van der Waals surface area contributed by atoms with E-state index in [1.54, 1.807) is 0 Å². The molecule has 0 aromatic heterocycles. The summed E-state index contributed by atoms with van der Waals surface area (Å²) in [6, 6.07) is -0.582. The van der Waals surface area contributed by atoms with Gasteiger partial charge in [-0.2, -0.15) is 0 Å². The van der Waals surface area contributed by atoms with E-state index in [1.807, 2.05) is 12.2 Å². The van der Waals surface area contributed by atoms with Gasteiger partial charge in [0.25, 0.3) is 0 Å². The van der Waals surface area contributed by atoms with Crippen LogP contribution in [0.15, 0.2) is 12.2 Å². The monoisotopic (exact) mass is 426 g/mol. The Labute approximate surface area is 186 Å². The predicted octanol–water partition coefficient (Wildman–Crippen LogP) is 4.07. The normalized spacial score (nSPS) is 40.4. The van der Waals surface area contributed by atoms with E-state index in [1.165, 1.54) is 43.4 Å². The second kappa shape index (κ2) is 7.74. The number of carbonyl (C=O) groups excluding carboxylic acids is 3. The largest absolute Gasteiger partial charge is 0.351 e. The fraction of sp³-hybridized carbons (Fsp3) is 0.808. The summed E-state index contributed by atoms with van der Waals surface area (Å²) in [5.74, 6) is 1.77. The van der Waals surface area contributed by atoms with Gasteiger partial charge in [-0.15, -0.1) is 0 Å². The number of nitrogens with one attached hydrogen (secondary N) is 1. The Bertz CT molecular complexity index is 739. The summed E-state index contributed by atoms with van der Waals surface area (Å²) in [5, 5.41) is 3.34. The Balaban J connectivity index is 1.34. The van der Waals surface area contributed by atoms with Gasteiger partial charge in [0, 0.05) is 6.04 Å². The molecule has 0 radical (unpaired) electrons. The molecule has 1 aliphatic heterocycles. The van der Waals surface area contributed by atoms with Crippen LogP contribution >= 0.6 is 0 Å². The topological polar surface area (TPSA) is 66.5 Å². The number of rotatable bonds is 6. The Morgan fingerprint density at radius 1 is 0.968 bits per heavy atom. The third-order valence-electron chi connectivity index (χ3n) is 9.21. The van der Waals surface area contributed by atoms with Crippen molar-refractivity contribution < 1.29 is 14.4 Å². The summed E-state index contributed by atoms with van der Waals surface area (Å²) in [6.07, 6.45) is 13.6. The molecule has 6 rings (SSSR count). The molecule has 5 nitrogen and oxygen atoms in total. The van der Waals surface area contributed by atoms with Gasteiger partial charge in [0.2, 0.25) is 17.7 Å². The second-order valence-electron chi connectivity index (χ2n) is 11.9. The maximum absolute atomic E-state index is 13.6. The van der Waals surface area contributed by atoms with E-state index in [2.05, 4.69) is 26.1 Å². The second-order valence-corrected chi connectivity index (χ2v) is 11.9. The minimum Gasteiger partial charge on any atom is -0.351 e. The number of hydrogen-bond acceptors (Lipinski definition) is 3. The Morgan fingerprint density at radius 3 is 1.90 bits per heavy atom. The molecule has 5 fully saturated rings. The van der Waals surface area contributed by atoms with E-state index in [4.69, 9.17) is 0 Å². The van der Waals surface area contributed by atoms with Crippen LogP contribution < -0.4 is 5.32 Å². The third-order valence-corrected chi connectivity index (χ3v) is 9.21. The van der Waals surface area contributed by atoms with Crippen LogP contribution in [0.4, 0.5) is 0 Å². The Morgan fingerprint density at radius 2 is 1.45 bits per heavy atom. The van der Waals surface area contributed by atoms with Crippen molar-refractivity contribution in [3.05, 3.63) is 12.2 Å². The lowest BCUT2D eigenvalue weighted by Crippen LogP contribution is -2.59. The van der Waals surface area contributed by atoms with Crippen molar-refractivity contribution in [2.24, 2.45) is 40.9 Å². The molecule has 0 unspecified atom stereocenters. The number of amides is 3. The molecule has 5 aliphatic carbocycles. The fourth-order valence-electron chi connectivity index (χ4n) is 8.08. The lowest BCUT2D eigenvalue weighted by Gasteiger charge is -2.59. The highest BCUT2D eigenvalue weighted by Crippen LogP contribution is 2.61. The first-order valence-electron chi connectivity index (χ1n) is 12.6. The number of likely N-dealkylation sites (tertiary alicyclic amines) is 1. The zero-order valence-corrected chi connectivity index (χ0v) is 19.3. The first kappa shape index (κ1) is 21.2. The highest BCUT2D eigenvalue weighted by atomic mass is 16.2. The number of fused-ring (bicyclic) bond motifs is 1. The molecular formula is C26H38N2O3. The van der Waals surface area contributed by atoms with Crippen molar-refractivity contribution in [1.29, 1.82) is 0 Å². The number of allylic oxidation sites excluding steroid dienone is 2. The van der Waals surface area contributed by atoms with Gasteiger partial charge >= 0.3 is 0 Å². The van der Waals surface area contributed by atoms with Crippen molar-refractivity contribution in [3.8, 4) is 0 Å². The van der Waals surface area contributed by atoms with Crippen LogP contribution in [0.1, 0.15) is 78.6 Å². The van der Waals surface area contributed by atoms with Crippen molar-refractivity contribution >= 4 is 17.7 Å². The van der Waals surface area contributed by atoms with Crippen molar-refractivity contribution in [2.45, 2.75) is 90.6 Å². The van der Waals surface area contributed by atoms with Crippen LogP contribution in [0.5, 0.6) is 0 Å². The van der Waals surface area contributed by atoms with E-state index >= 15 is 0 Å². The van der Waals surface area contributed by atoms with Crippen LogP contribution in [-0.4, -0.2) is 34.7 Å². The number of carbonyl (C=O) groups is 3. The average Bonchev–Trinajstić information content (AvgIpc) is 2.95. The van der Waals surface area contributed by atoms with E-state index in [9.17, 15) is 14.4 Å². The summed E-state index contributed by atoms with van der Waals surface area (Å²) >= 11 is 0. The van der Waals surface area contributed by atoms with E-state index in [0.29, 0.717) is 19.3 Å². The molecule has 4 atom stereocenters. The average molecular weight is 427 g/mol. The summed E-state index contributed by atoms with van der Waals surface area (Å²) < 4.78 is 0. The van der Waals surface area contributed by atoms with Gasteiger partial charge in [-0.1, -0.05) is 26.0 Å². The molecule has 6 aliphatic rings. The van der Waals surface area contributed by atoms with Gasteiger partial charge in [-0.3, -0.25) is 19.3 Å². The molecule has 1 N–H and O–H groups in total. The quantitative estimate of drug-likeness (QED) is 0.514. The highest BCUT2D eigenvalue weighted by Gasteiger charge is 2.55. The first-order valence-corrected chi connectivity index (χ1v) is 12.6. The summed E-state index contributed by atoms with van der Waals surface area (Å²) in [5.41, 5.74) is 0.212. The van der Waals surface area contributed by atoms with E-state index in [0.717, 1.165) is 17.8 Å². The zero-order chi connectivity index (χ0) is 21.9. The summed E-state index contributed by atoms with van der Waals surface area (Å²) in [7, 11) is 0. The molecule has 0 aromatic rings. The smallest absolute Gasteiger partial charge is 0.243 e. The minimum atomic E-state index is -0.679. The van der Waals surface area contributed by atoms with Gasteiger partial charge in [0.05, 0.1) is 11.8 Å². The molecule has 3 amide bonds. The summed E-state index contributed by atoms with van der Waals surface area (Å²) in [4.78, 5) is 41.3. The van der Waals surface area contributed by atoms with Crippen LogP contribution in [-0.2, 0) is 14.4 Å². The van der Waals surface area contributed by atoms with Gasteiger partial charge in [-0.25, -0.2) is 0 Å². The predicted molar refractivity (Wildman–Crippen MR) is 119 cm³/mol. The van der Waals surface area contributed by atoms with Gasteiger partial charge in [-0.05, 0) is 93.8 Å². The Hall–Kier alpha value is -1.65. The van der Waals surface area contributed by atoms with Crippen LogP contribution in [0.3, 0.4) is 0 Å². The lowest BCUT2D eigenvalue weighted by molar-refractivity contribution is -0.149. The number of hydrogen-bond donors (Lipinski definition) is 1. The van der Waals surface area contributed by atoms with E-state index < -0.39 is 6.04 Å².